The van der Waals surface area contributed by atoms with E-state index in [0.29, 0.717) is 0 Å². The molecule has 186 valence electrons. The summed E-state index contributed by atoms with van der Waals surface area (Å²) in [5.74, 6) is 0. The Labute approximate surface area is 224 Å². The molecule has 2 heteroatoms. The van der Waals surface area contributed by atoms with Crippen molar-refractivity contribution in [3.8, 4) is 22.5 Å². The Hall–Kier alpha value is -4.56. The van der Waals surface area contributed by atoms with E-state index in [1.807, 2.05) is 12.2 Å². The molecule has 0 atom stereocenters. The minimum atomic E-state index is 1.17. The summed E-state index contributed by atoms with van der Waals surface area (Å²) >= 11 is 0. The van der Waals surface area contributed by atoms with Gasteiger partial charge in [0.15, 0.2) is 0 Å². The monoisotopic (exact) mass is 492 g/mol. The quantitative estimate of drug-likeness (QED) is 0.227. The van der Waals surface area contributed by atoms with Crippen molar-refractivity contribution in [2.24, 2.45) is 0 Å². The van der Waals surface area contributed by atoms with Crippen LogP contribution in [0.3, 0.4) is 0 Å². The highest BCUT2D eigenvalue weighted by molar-refractivity contribution is 5.93. The van der Waals surface area contributed by atoms with E-state index in [4.69, 9.17) is 0 Å². The molecule has 2 aromatic heterocycles. The zero-order chi connectivity index (χ0) is 26.6. The lowest BCUT2D eigenvalue weighted by Gasteiger charge is -2.16. The lowest BCUT2D eigenvalue weighted by atomic mass is 9.95. The minimum absolute atomic E-state index is 1.17. The van der Waals surface area contributed by atoms with Crippen LogP contribution in [0.25, 0.3) is 56.5 Å². The van der Waals surface area contributed by atoms with Gasteiger partial charge in [-0.1, -0.05) is 73.8 Å². The van der Waals surface area contributed by atoms with E-state index in [1.165, 1.54) is 77.9 Å². The molecule has 2 nitrogen and oxygen atoms in total. The Bertz CT molecular complexity index is 1750. The van der Waals surface area contributed by atoms with Crippen molar-refractivity contribution in [2.45, 2.75) is 27.7 Å². The second kappa shape index (κ2) is 9.08. The molecule has 0 spiro atoms. The molecular weight excluding hydrogens is 460 g/mol. The zero-order valence-corrected chi connectivity index (χ0v) is 22.5. The molecule has 0 aliphatic heterocycles. The van der Waals surface area contributed by atoms with Gasteiger partial charge in [0.25, 0.3) is 0 Å². The van der Waals surface area contributed by atoms with E-state index in [2.05, 4.69) is 135 Å². The number of benzene rings is 4. The van der Waals surface area contributed by atoms with Gasteiger partial charge < -0.3 is 9.13 Å². The van der Waals surface area contributed by atoms with Gasteiger partial charge in [-0.2, -0.15) is 0 Å². The SMILES string of the molecule is C=Cc1c(C)n(-c2ccc(-c3ccc(-n4c(C)c(C=C)c5ccccc54)cc3C)c(C)c2)c2ccccc12. The molecule has 0 aliphatic carbocycles. The molecule has 0 bridgehead atoms. The van der Waals surface area contributed by atoms with Crippen molar-refractivity contribution in [3.63, 3.8) is 0 Å². The van der Waals surface area contributed by atoms with Crippen molar-refractivity contribution >= 4 is 34.0 Å². The van der Waals surface area contributed by atoms with E-state index >= 15 is 0 Å². The lowest BCUT2D eigenvalue weighted by Crippen LogP contribution is -2.00. The third-order valence-corrected chi connectivity index (χ3v) is 7.96. The first-order valence-corrected chi connectivity index (χ1v) is 13.1. The van der Waals surface area contributed by atoms with Crippen molar-refractivity contribution in [3.05, 3.63) is 132 Å². The molecule has 0 radical (unpaired) electrons. The standard InChI is InChI=1S/C36H32N2/c1-7-29-25(5)37(35-15-11-9-13-33(29)35)27-17-19-31(23(3)21-27)32-20-18-28(22-24(32)4)38-26(6)30(8-2)34-14-10-12-16-36(34)38/h7-22H,1-2H2,3-6H3. The van der Waals surface area contributed by atoms with E-state index < -0.39 is 0 Å². The first-order valence-electron chi connectivity index (χ1n) is 13.1. The van der Waals surface area contributed by atoms with Crippen LogP contribution in [0, 0.1) is 27.7 Å². The van der Waals surface area contributed by atoms with Crippen LogP contribution in [0.2, 0.25) is 0 Å². The van der Waals surface area contributed by atoms with Crippen LogP contribution in [0.5, 0.6) is 0 Å². The van der Waals surface area contributed by atoms with Crippen molar-refractivity contribution in [1.29, 1.82) is 0 Å². The third-order valence-electron chi connectivity index (χ3n) is 7.96. The van der Waals surface area contributed by atoms with Crippen molar-refractivity contribution < 1.29 is 0 Å². The van der Waals surface area contributed by atoms with E-state index in [0.717, 1.165) is 0 Å². The summed E-state index contributed by atoms with van der Waals surface area (Å²) in [6.07, 6.45) is 3.93. The van der Waals surface area contributed by atoms with E-state index in [-0.39, 0.29) is 0 Å². The highest BCUT2D eigenvalue weighted by Gasteiger charge is 2.16. The van der Waals surface area contributed by atoms with Gasteiger partial charge in [0, 0.05) is 44.7 Å². The molecule has 4 aromatic carbocycles. The Morgan fingerprint density at radius 3 is 1.29 bits per heavy atom. The van der Waals surface area contributed by atoms with Crippen molar-refractivity contribution in [2.75, 3.05) is 0 Å². The Kier molecular flexibility index (Phi) is 5.69. The van der Waals surface area contributed by atoms with Gasteiger partial charge in [0.1, 0.15) is 0 Å². The maximum Gasteiger partial charge on any atom is 0.0537 e. The van der Waals surface area contributed by atoms with Crippen LogP contribution in [0.15, 0.2) is 98.1 Å². The van der Waals surface area contributed by atoms with Crippen LogP contribution in [-0.2, 0) is 0 Å². The summed E-state index contributed by atoms with van der Waals surface area (Å²) in [7, 11) is 0. The number of nitrogens with zero attached hydrogens (tertiary/aromatic N) is 2. The molecule has 2 heterocycles. The Morgan fingerprint density at radius 1 is 0.526 bits per heavy atom. The molecule has 6 aromatic rings. The smallest absolute Gasteiger partial charge is 0.0537 e. The molecular formula is C36H32N2. The normalized spacial score (nSPS) is 11.4. The predicted octanol–water partition coefficient (Wildman–Crippen LogP) is 9.76. The van der Waals surface area contributed by atoms with Crippen LogP contribution in [0.1, 0.15) is 33.6 Å². The summed E-state index contributed by atoms with van der Waals surface area (Å²) < 4.78 is 4.69. The molecule has 0 fully saturated rings. The summed E-state index contributed by atoms with van der Waals surface area (Å²) in [4.78, 5) is 0. The van der Waals surface area contributed by atoms with Crippen molar-refractivity contribution in [1.82, 2.24) is 9.13 Å². The number of hydrogen-bond donors (Lipinski definition) is 0. The summed E-state index contributed by atoms with van der Waals surface area (Å²) in [5, 5.41) is 2.47. The minimum Gasteiger partial charge on any atom is -0.313 e. The summed E-state index contributed by atoms with van der Waals surface area (Å²) in [6.45, 7) is 16.9. The Morgan fingerprint density at radius 2 is 0.921 bits per heavy atom. The van der Waals surface area contributed by atoms with E-state index in [9.17, 15) is 0 Å². The van der Waals surface area contributed by atoms with Crippen LogP contribution < -0.4 is 0 Å². The fourth-order valence-corrected chi connectivity index (χ4v) is 6.14. The largest absolute Gasteiger partial charge is 0.313 e. The molecule has 0 saturated carbocycles. The first kappa shape index (κ1) is 23.8. The number of fused-ring (bicyclic) bond motifs is 2. The average Bonchev–Trinajstić information content (AvgIpc) is 3.37. The maximum absolute atomic E-state index is 4.07. The molecule has 0 N–H and O–H groups in total. The van der Waals surface area contributed by atoms with Gasteiger partial charge in [-0.15, -0.1) is 0 Å². The second-order valence-electron chi connectivity index (χ2n) is 10.1. The third kappa shape index (κ3) is 3.48. The number of hydrogen-bond acceptors (Lipinski definition) is 0. The van der Waals surface area contributed by atoms with Gasteiger partial charge >= 0.3 is 0 Å². The first-order chi connectivity index (χ1) is 18.4. The fourth-order valence-electron chi connectivity index (χ4n) is 6.14. The van der Waals surface area contributed by atoms with Crippen LogP contribution in [0.4, 0.5) is 0 Å². The number of para-hydroxylation sites is 2. The zero-order valence-electron chi connectivity index (χ0n) is 22.5. The molecule has 0 amide bonds. The molecule has 0 aliphatic rings. The Balaban J connectivity index is 1.44. The van der Waals surface area contributed by atoms with Crippen LogP contribution in [-0.4, -0.2) is 9.13 Å². The second-order valence-corrected chi connectivity index (χ2v) is 10.1. The van der Waals surface area contributed by atoms with Gasteiger partial charge in [-0.25, -0.2) is 0 Å². The predicted molar refractivity (Wildman–Crippen MR) is 165 cm³/mol. The number of rotatable bonds is 5. The number of aromatic nitrogens is 2. The summed E-state index contributed by atoms with van der Waals surface area (Å²) in [6, 6.07) is 30.7. The molecule has 38 heavy (non-hydrogen) atoms. The molecule has 0 saturated heterocycles. The van der Waals surface area contributed by atoms with E-state index in [1.54, 1.807) is 0 Å². The fraction of sp³-hybridized carbons (Fsp3) is 0.111. The average molecular weight is 493 g/mol. The highest BCUT2D eigenvalue weighted by atomic mass is 15.0. The molecule has 0 unspecified atom stereocenters. The topological polar surface area (TPSA) is 9.86 Å². The van der Waals surface area contributed by atoms with Gasteiger partial charge in [0.05, 0.1) is 11.0 Å². The molecule has 6 rings (SSSR count). The van der Waals surface area contributed by atoms with Gasteiger partial charge in [-0.3, -0.25) is 0 Å². The highest BCUT2D eigenvalue weighted by Crippen LogP contribution is 2.35. The maximum atomic E-state index is 4.07. The summed E-state index contributed by atoms with van der Waals surface area (Å²) in [5.41, 5.74) is 14.6. The van der Waals surface area contributed by atoms with Gasteiger partial charge in [-0.05, 0) is 86.3 Å². The lowest BCUT2D eigenvalue weighted by molar-refractivity contribution is 1.04. The van der Waals surface area contributed by atoms with Gasteiger partial charge in [0.2, 0.25) is 0 Å². The number of aryl methyl sites for hydroxylation is 2. The van der Waals surface area contributed by atoms with Crippen LogP contribution >= 0.6 is 0 Å².